The van der Waals surface area contributed by atoms with Gasteiger partial charge >= 0.3 is 6.61 Å². The molecule has 0 amide bonds. The lowest BCUT2D eigenvalue weighted by Gasteiger charge is -2.18. The Labute approximate surface area is 189 Å². The van der Waals surface area contributed by atoms with Gasteiger partial charge in [-0.25, -0.2) is 0 Å². The van der Waals surface area contributed by atoms with Crippen LogP contribution in [0, 0.1) is 0 Å². The highest BCUT2D eigenvalue weighted by atomic mass is 127. The van der Waals surface area contributed by atoms with Crippen LogP contribution in [0.5, 0.6) is 11.5 Å². The first-order chi connectivity index (χ1) is 13.5. The molecule has 0 spiro atoms. The molecule has 1 aromatic carbocycles. The van der Waals surface area contributed by atoms with Gasteiger partial charge in [0.15, 0.2) is 17.5 Å². The Morgan fingerprint density at radius 3 is 2.48 bits per heavy atom. The molecule has 1 rings (SSSR count). The van der Waals surface area contributed by atoms with E-state index in [1.807, 2.05) is 6.07 Å². The van der Waals surface area contributed by atoms with Gasteiger partial charge in [0.25, 0.3) is 0 Å². The zero-order chi connectivity index (χ0) is 20.8. The standard InChI is InChI=1S/C19H32F2N4O3.HI/c1-22-19(24-10-12-25(2)11-5-13-26-3)23-9-8-15-6-7-16(27-4)17(14-15)28-18(20)21;/h6-7,14,18H,5,8-13H2,1-4H3,(H2,22,23,24);1H. The molecule has 0 fully saturated rings. The summed E-state index contributed by atoms with van der Waals surface area (Å²) in [5, 5.41) is 6.47. The van der Waals surface area contributed by atoms with Gasteiger partial charge < -0.3 is 29.7 Å². The van der Waals surface area contributed by atoms with Crippen molar-refractivity contribution in [1.82, 2.24) is 15.5 Å². The Morgan fingerprint density at radius 1 is 1.14 bits per heavy atom. The maximum atomic E-state index is 12.5. The summed E-state index contributed by atoms with van der Waals surface area (Å²) in [6.45, 7) is 1.09. The molecule has 2 N–H and O–H groups in total. The minimum Gasteiger partial charge on any atom is -0.493 e. The Morgan fingerprint density at radius 2 is 1.86 bits per heavy atom. The van der Waals surface area contributed by atoms with Crippen molar-refractivity contribution in [3.8, 4) is 11.5 Å². The van der Waals surface area contributed by atoms with Crippen molar-refractivity contribution in [1.29, 1.82) is 0 Å². The van der Waals surface area contributed by atoms with Crippen LogP contribution in [0.1, 0.15) is 12.0 Å². The molecule has 0 saturated carbocycles. The van der Waals surface area contributed by atoms with Gasteiger partial charge in [-0.2, -0.15) is 8.78 Å². The van der Waals surface area contributed by atoms with E-state index < -0.39 is 6.61 Å². The number of aliphatic imine (C=N–C) groups is 1. The Kier molecular flexibility index (Phi) is 15.6. The molecule has 0 radical (unpaired) electrons. The number of benzene rings is 1. The number of rotatable bonds is 13. The maximum absolute atomic E-state index is 12.5. The first-order valence-electron chi connectivity index (χ1n) is 9.23. The molecule has 168 valence electrons. The summed E-state index contributed by atoms with van der Waals surface area (Å²) in [6, 6.07) is 5.02. The average Bonchev–Trinajstić information content (AvgIpc) is 2.66. The van der Waals surface area contributed by atoms with E-state index in [1.165, 1.54) is 7.11 Å². The lowest BCUT2D eigenvalue weighted by Crippen LogP contribution is -2.41. The van der Waals surface area contributed by atoms with Crippen LogP contribution < -0.4 is 20.1 Å². The number of guanidine groups is 1. The lowest BCUT2D eigenvalue weighted by atomic mass is 10.1. The van der Waals surface area contributed by atoms with Gasteiger partial charge in [-0.05, 0) is 37.6 Å². The highest BCUT2D eigenvalue weighted by Crippen LogP contribution is 2.29. The summed E-state index contributed by atoms with van der Waals surface area (Å²) in [4.78, 5) is 6.41. The van der Waals surface area contributed by atoms with Crippen molar-refractivity contribution in [2.75, 3.05) is 61.1 Å². The SMILES string of the molecule is CN=C(NCCc1ccc(OC)c(OC(F)F)c1)NCCN(C)CCCOC.I. The van der Waals surface area contributed by atoms with Gasteiger partial charge in [0, 0.05) is 46.9 Å². The van der Waals surface area contributed by atoms with Gasteiger partial charge in [0.1, 0.15) is 0 Å². The molecule has 0 saturated heterocycles. The molecule has 0 atom stereocenters. The number of nitrogens with one attached hydrogen (secondary N) is 2. The summed E-state index contributed by atoms with van der Waals surface area (Å²) in [6.07, 6.45) is 1.63. The second-order valence-electron chi connectivity index (χ2n) is 6.19. The van der Waals surface area contributed by atoms with Crippen LogP contribution >= 0.6 is 24.0 Å². The number of ether oxygens (including phenoxy) is 3. The Balaban J connectivity index is 0.00000784. The number of hydrogen-bond donors (Lipinski definition) is 2. The molecule has 0 aliphatic carbocycles. The summed E-state index contributed by atoms with van der Waals surface area (Å²) in [7, 11) is 6.89. The fourth-order valence-electron chi connectivity index (χ4n) is 2.57. The average molecular weight is 530 g/mol. The molecule has 0 aliphatic heterocycles. The van der Waals surface area contributed by atoms with Crippen molar-refractivity contribution in [2.24, 2.45) is 4.99 Å². The number of alkyl halides is 2. The molecular formula is C19H33F2IN4O3. The van der Waals surface area contributed by atoms with E-state index in [4.69, 9.17) is 9.47 Å². The van der Waals surface area contributed by atoms with E-state index in [2.05, 4.69) is 32.3 Å². The highest BCUT2D eigenvalue weighted by molar-refractivity contribution is 14.0. The second-order valence-corrected chi connectivity index (χ2v) is 6.19. The normalized spacial score (nSPS) is 11.4. The van der Waals surface area contributed by atoms with Crippen LogP contribution in [-0.2, 0) is 11.2 Å². The lowest BCUT2D eigenvalue weighted by molar-refractivity contribution is -0.0512. The van der Waals surface area contributed by atoms with E-state index >= 15 is 0 Å². The van der Waals surface area contributed by atoms with E-state index in [1.54, 1.807) is 26.3 Å². The molecule has 10 heteroatoms. The van der Waals surface area contributed by atoms with Gasteiger partial charge in [-0.1, -0.05) is 6.07 Å². The molecule has 1 aromatic rings. The predicted octanol–water partition coefficient (Wildman–Crippen LogP) is 2.59. The number of methoxy groups -OCH3 is 2. The topological polar surface area (TPSA) is 67.4 Å². The minimum absolute atomic E-state index is 0. The fourth-order valence-corrected chi connectivity index (χ4v) is 2.57. The maximum Gasteiger partial charge on any atom is 0.387 e. The zero-order valence-corrected chi connectivity index (χ0v) is 19.9. The predicted molar refractivity (Wildman–Crippen MR) is 122 cm³/mol. The van der Waals surface area contributed by atoms with Crippen molar-refractivity contribution < 1.29 is 23.0 Å². The van der Waals surface area contributed by atoms with Crippen molar-refractivity contribution in [3.63, 3.8) is 0 Å². The zero-order valence-electron chi connectivity index (χ0n) is 17.5. The van der Waals surface area contributed by atoms with Crippen molar-refractivity contribution >= 4 is 29.9 Å². The highest BCUT2D eigenvalue weighted by Gasteiger charge is 2.11. The molecule has 0 bridgehead atoms. The third kappa shape index (κ3) is 12.0. The number of halogens is 3. The Bertz CT molecular complexity index is 595. The van der Waals surface area contributed by atoms with E-state index in [9.17, 15) is 8.78 Å². The van der Waals surface area contributed by atoms with Gasteiger partial charge in [-0.3, -0.25) is 4.99 Å². The van der Waals surface area contributed by atoms with Crippen LogP contribution in [0.3, 0.4) is 0 Å². The molecule has 7 nitrogen and oxygen atoms in total. The third-order valence-corrected chi connectivity index (χ3v) is 4.05. The van der Waals surface area contributed by atoms with Gasteiger partial charge in [-0.15, -0.1) is 24.0 Å². The van der Waals surface area contributed by atoms with Crippen LogP contribution in [0.15, 0.2) is 23.2 Å². The van der Waals surface area contributed by atoms with Crippen molar-refractivity contribution in [2.45, 2.75) is 19.5 Å². The molecular weight excluding hydrogens is 497 g/mol. The summed E-state index contributed by atoms with van der Waals surface area (Å²) >= 11 is 0. The third-order valence-electron chi connectivity index (χ3n) is 4.05. The smallest absolute Gasteiger partial charge is 0.387 e. The van der Waals surface area contributed by atoms with Gasteiger partial charge in [0.05, 0.1) is 7.11 Å². The van der Waals surface area contributed by atoms with E-state index in [0.717, 1.165) is 38.2 Å². The monoisotopic (exact) mass is 530 g/mol. The molecule has 29 heavy (non-hydrogen) atoms. The van der Waals surface area contributed by atoms with E-state index in [-0.39, 0.29) is 35.5 Å². The van der Waals surface area contributed by atoms with Crippen LogP contribution in [0.4, 0.5) is 8.78 Å². The summed E-state index contributed by atoms with van der Waals surface area (Å²) in [5.74, 6) is 1.01. The molecule has 0 unspecified atom stereocenters. The fraction of sp³-hybridized carbons (Fsp3) is 0.632. The second kappa shape index (κ2) is 16.4. The van der Waals surface area contributed by atoms with E-state index in [0.29, 0.717) is 18.9 Å². The van der Waals surface area contributed by atoms with Crippen LogP contribution in [0.2, 0.25) is 0 Å². The number of likely N-dealkylation sites (N-methyl/N-ethyl adjacent to an activating group) is 1. The molecule has 0 aliphatic rings. The summed E-state index contributed by atoms with van der Waals surface area (Å²) < 4.78 is 39.6. The minimum atomic E-state index is -2.89. The number of nitrogens with zero attached hydrogens (tertiary/aromatic N) is 2. The van der Waals surface area contributed by atoms with Crippen LogP contribution in [-0.4, -0.2) is 78.6 Å². The quantitative estimate of drug-likeness (QED) is 0.177. The molecule has 0 aromatic heterocycles. The molecule has 0 heterocycles. The number of hydrogen-bond acceptors (Lipinski definition) is 5. The Hall–Kier alpha value is -1.40. The van der Waals surface area contributed by atoms with Gasteiger partial charge in [0.2, 0.25) is 0 Å². The largest absolute Gasteiger partial charge is 0.493 e. The summed E-state index contributed by atoms with van der Waals surface area (Å²) in [5.41, 5.74) is 0.859. The van der Waals surface area contributed by atoms with Crippen LogP contribution in [0.25, 0.3) is 0 Å². The first-order valence-corrected chi connectivity index (χ1v) is 9.23. The van der Waals surface area contributed by atoms with Crippen molar-refractivity contribution in [3.05, 3.63) is 23.8 Å². The first kappa shape index (κ1) is 27.6.